The summed E-state index contributed by atoms with van der Waals surface area (Å²) >= 11 is 1.08. The molecule has 1 fully saturated rings. The Morgan fingerprint density at radius 2 is 1.78 bits per heavy atom. The summed E-state index contributed by atoms with van der Waals surface area (Å²) in [6.45, 7) is 0.185. The molecule has 5 aromatic rings. The first-order valence-corrected chi connectivity index (χ1v) is 16.6. The number of hydrogen-bond acceptors (Lipinski definition) is 7. The van der Waals surface area contributed by atoms with Gasteiger partial charge in [-0.15, -0.1) is 11.3 Å². The zero-order valence-corrected chi connectivity index (χ0v) is 25.7. The summed E-state index contributed by atoms with van der Waals surface area (Å²) in [5, 5.41) is 23.9. The Morgan fingerprint density at radius 3 is 2.43 bits per heavy atom. The molecule has 1 amide bonds. The van der Waals surface area contributed by atoms with E-state index in [4.69, 9.17) is 10.2 Å². The number of nitrogens with zero attached hydrogens (tertiary/aromatic N) is 3. The fourth-order valence-electron chi connectivity index (χ4n) is 5.14. The van der Waals surface area contributed by atoms with Crippen LogP contribution in [-0.4, -0.2) is 40.2 Å². The Bertz CT molecular complexity index is 2080. The number of amides is 1. The number of carboxylic acids is 1. The summed E-state index contributed by atoms with van der Waals surface area (Å²) < 4.78 is 55.1. The van der Waals surface area contributed by atoms with Crippen molar-refractivity contribution in [2.75, 3.05) is 0 Å². The highest BCUT2D eigenvalue weighted by Gasteiger charge is 2.30. The van der Waals surface area contributed by atoms with E-state index in [-0.39, 0.29) is 24.2 Å². The van der Waals surface area contributed by atoms with Crippen LogP contribution < -0.4 is 10.5 Å². The molecule has 1 aliphatic rings. The van der Waals surface area contributed by atoms with E-state index in [1.165, 1.54) is 29.6 Å². The van der Waals surface area contributed by atoms with Crippen LogP contribution in [0.3, 0.4) is 0 Å². The van der Waals surface area contributed by atoms with Gasteiger partial charge in [-0.3, -0.25) is 4.79 Å². The molecule has 1 aliphatic carbocycles. The van der Waals surface area contributed by atoms with Crippen LogP contribution in [0, 0.1) is 17.6 Å². The second kappa shape index (κ2) is 12.5. The number of aromatic nitrogens is 3. The number of hydrogen-bond donors (Lipinski definition) is 3. The molecule has 0 spiro atoms. The van der Waals surface area contributed by atoms with E-state index in [0.717, 1.165) is 41.9 Å². The molecule has 6 rings (SSSR count). The predicted octanol–water partition coefficient (Wildman–Crippen LogP) is 5.09. The van der Waals surface area contributed by atoms with Crippen LogP contribution in [0.1, 0.15) is 56.1 Å². The van der Waals surface area contributed by atoms with Crippen LogP contribution >= 0.6 is 11.3 Å². The highest BCUT2D eigenvalue weighted by molar-refractivity contribution is 7.89. The normalized spacial score (nSPS) is 13.1. The molecule has 14 heteroatoms. The lowest BCUT2D eigenvalue weighted by molar-refractivity contribution is 0.0691. The van der Waals surface area contributed by atoms with Gasteiger partial charge in [0.2, 0.25) is 15.2 Å². The van der Waals surface area contributed by atoms with Crippen LogP contribution in [-0.2, 0) is 29.4 Å². The molecule has 0 saturated heterocycles. The molecule has 0 aliphatic heterocycles. The maximum atomic E-state index is 15.0. The van der Waals surface area contributed by atoms with Crippen LogP contribution in [0.4, 0.5) is 8.78 Å². The van der Waals surface area contributed by atoms with Crippen LogP contribution in [0.25, 0.3) is 16.4 Å². The third kappa shape index (κ3) is 6.73. The largest absolute Gasteiger partial charge is 0.476 e. The lowest BCUT2D eigenvalue weighted by atomic mass is 9.96. The van der Waals surface area contributed by atoms with Crippen molar-refractivity contribution in [1.29, 1.82) is 0 Å². The number of carbonyl (C=O) groups is 2. The van der Waals surface area contributed by atoms with E-state index in [0.29, 0.717) is 45.5 Å². The molecular formula is C32H27F2N5O5S2. The summed E-state index contributed by atoms with van der Waals surface area (Å²) in [6.07, 6.45) is 2.58. The summed E-state index contributed by atoms with van der Waals surface area (Å²) in [5.41, 5.74) is 2.95. The quantitative estimate of drug-likeness (QED) is 0.178. The number of halogens is 2. The summed E-state index contributed by atoms with van der Waals surface area (Å²) in [6, 6.07) is 16.8. The average Bonchev–Trinajstić information content (AvgIpc) is 3.58. The van der Waals surface area contributed by atoms with Gasteiger partial charge in [-0.05, 0) is 66.6 Å². The van der Waals surface area contributed by atoms with E-state index < -0.39 is 38.4 Å². The van der Waals surface area contributed by atoms with Crippen molar-refractivity contribution < 1.29 is 31.9 Å². The van der Waals surface area contributed by atoms with Gasteiger partial charge < -0.3 is 10.4 Å². The Hall–Kier alpha value is -4.79. The molecule has 0 bridgehead atoms. The summed E-state index contributed by atoms with van der Waals surface area (Å²) in [5.74, 6) is -3.25. The van der Waals surface area contributed by atoms with Crippen molar-refractivity contribution in [2.24, 2.45) is 11.1 Å². The van der Waals surface area contributed by atoms with Gasteiger partial charge >= 0.3 is 5.97 Å². The minimum Gasteiger partial charge on any atom is -0.476 e. The van der Waals surface area contributed by atoms with Crippen molar-refractivity contribution in [3.8, 4) is 16.4 Å². The first-order chi connectivity index (χ1) is 22.0. The molecule has 10 nitrogen and oxygen atoms in total. The number of nitrogens with one attached hydrogen (secondary N) is 1. The molecule has 4 N–H and O–H groups in total. The average molecular weight is 664 g/mol. The minimum absolute atomic E-state index is 0.0866. The van der Waals surface area contributed by atoms with Crippen molar-refractivity contribution in [2.45, 2.75) is 37.1 Å². The van der Waals surface area contributed by atoms with Crippen LogP contribution in [0.5, 0.6) is 0 Å². The number of benzene rings is 3. The predicted molar refractivity (Wildman–Crippen MR) is 166 cm³/mol. The standard InChI is InChI=1S/C32H27F2N5O5S2/c33-24-10-9-21(15-22(24)30(40)36-16-19-4-2-1-3-5-19)29-23(12-20-8-11-28(25(34)13-20)46(35,43)44)27(14-18-6-7-18)39(38-29)32-37-26(17-45-32)31(41)42/h1-5,8-11,13,15,17-18H,6-7,12,14,16H2,(H,36,40)(H,41,42)(H2,35,43,44). The lowest BCUT2D eigenvalue weighted by Gasteiger charge is -2.11. The Labute approximate surface area is 266 Å². The second-order valence-corrected chi connectivity index (χ2v) is 13.4. The highest BCUT2D eigenvalue weighted by atomic mass is 32.2. The molecule has 0 unspecified atom stereocenters. The van der Waals surface area contributed by atoms with Gasteiger partial charge in [0.05, 0.1) is 17.0 Å². The van der Waals surface area contributed by atoms with Crippen molar-refractivity contribution in [3.05, 3.63) is 117 Å². The number of aromatic carboxylic acids is 1. The molecule has 2 heterocycles. The molecule has 1 saturated carbocycles. The van der Waals surface area contributed by atoms with Crippen LogP contribution in [0.15, 0.2) is 77.0 Å². The molecule has 236 valence electrons. The van der Waals surface area contributed by atoms with Gasteiger partial charge in [-0.25, -0.2) is 36.8 Å². The minimum atomic E-state index is -4.29. The van der Waals surface area contributed by atoms with Gasteiger partial charge in [-0.1, -0.05) is 36.4 Å². The van der Waals surface area contributed by atoms with Crippen molar-refractivity contribution in [3.63, 3.8) is 0 Å². The van der Waals surface area contributed by atoms with Gasteiger partial charge in [0, 0.05) is 29.5 Å². The van der Waals surface area contributed by atoms with Gasteiger partial charge in [0.25, 0.3) is 5.91 Å². The topological polar surface area (TPSA) is 157 Å². The van der Waals surface area contributed by atoms with E-state index >= 15 is 4.39 Å². The third-order valence-corrected chi connectivity index (χ3v) is 9.39. The monoisotopic (exact) mass is 663 g/mol. The van der Waals surface area contributed by atoms with Crippen LogP contribution in [0.2, 0.25) is 0 Å². The van der Waals surface area contributed by atoms with Crippen molar-refractivity contribution >= 4 is 33.2 Å². The number of nitrogens with two attached hydrogens (primary N) is 1. The number of sulfonamides is 1. The third-order valence-electron chi connectivity index (χ3n) is 7.63. The van der Waals surface area contributed by atoms with E-state index in [2.05, 4.69) is 10.3 Å². The molecule has 2 aromatic heterocycles. The zero-order chi connectivity index (χ0) is 32.6. The number of carboxylic acid groups (broad SMARTS) is 1. The first kappa shape index (κ1) is 31.2. The lowest BCUT2D eigenvalue weighted by Crippen LogP contribution is -2.23. The fourth-order valence-corrected chi connectivity index (χ4v) is 6.50. The Morgan fingerprint density at radius 1 is 1.02 bits per heavy atom. The SMILES string of the molecule is NS(=O)(=O)c1ccc(Cc2c(-c3ccc(F)c(C(=O)NCc4ccccc4)c3)nn(-c3nc(C(=O)O)cs3)c2CC2CC2)cc1F. The number of carbonyl (C=O) groups excluding carboxylic acids is 1. The molecule has 0 atom stereocenters. The fraction of sp³-hybridized carbons (Fsp3) is 0.188. The van der Waals surface area contributed by atoms with Gasteiger partial charge in [0.1, 0.15) is 16.5 Å². The van der Waals surface area contributed by atoms with Gasteiger partial charge in [-0.2, -0.15) is 5.10 Å². The smallest absolute Gasteiger partial charge is 0.355 e. The number of thiazole rings is 1. The second-order valence-electron chi connectivity index (χ2n) is 11.0. The Balaban J connectivity index is 1.46. The Kier molecular flexibility index (Phi) is 8.51. The van der Waals surface area contributed by atoms with E-state index in [9.17, 15) is 27.5 Å². The number of rotatable bonds is 11. The zero-order valence-electron chi connectivity index (χ0n) is 24.1. The van der Waals surface area contributed by atoms with E-state index in [1.807, 2.05) is 30.3 Å². The first-order valence-electron chi connectivity index (χ1n) is 14.2. The summed E-state index contributed by atoms with van der Waals surface area (Å²) in [4.78, 5) is 28.3. The highest BCUT2D eigenvalue weighted by Crippen LogP contribution is 2.38. The van der Waals surface area contributed by atoms with Crippen molar-refractivity contribution in [1.82, 2.24) is 20.1 Å². The number of primary sulfonamides is 1. The van der Waals surface area contributed by atoms with Gasteiger partial charge in [0.15, 0.2) is 5.69 Å². The van der Waals surface area contributed by atoms with E-state index in [1.54, 1.807) is 4.68 Å². The maximum absolute atomic E-state index is 15.0. The summed E-state index contributed by atoms with van der Waals surface area (Å²) in [7, 11) is -4.29. The molecule has 3 aromatic carbocycles. The molecular weight excluding hydrogens is 637 g/mol. The maximum Gasteiger partial charge on any atom is 0.355 e. The molecule has 46 heavy (non-hydrogen) atoms. The molecule has 0 radical (unpaired) electrons.